The Labute approximate surface area is 136 Å². The highest BCUT2D eigenvalue weighted by atomic mass is 35.5. The minimum Gasteiger partial charge on any atom is -0.345 e. The summed E-state index contributed by atoms with van der Waals surface area (Å²) in [4.78, 5) is 12.4. The second-order valence-corrected chi connectivity index (χ2v) is 5.99. The summed E-state index contributed by atoms with van der Waals surface area (Å²) in [6, 6.07) is 17.0. The molecule has 3 unspecified atom stereocenters. The molecule has 0 saturated carbocycles. The molecule has 0 aromatic heterocycles. The average molecular weight is 317 g/mol. The van der Waals surface area contributed by atoms with Crippen molar-refractivity contribution < 1.29 is 4.79 Å². The number of amides is 1. The summed E-state index contributed by atoms with van der Waals surface area (Å²) >= 11 is 5.96. The monoisotopic (exact) mass is 316 g/mol. The van der Waals surface area contributed by atoms with Crippen LogP contribution in [0, 0.1) is 5.92 Å². The number of hydrogen-bond donors (Lipinski definition) is 2. The Balaban J connectivity index is 2.30. The first-order valence-corrected chi connectivity index (χ1v) is 7.73. The fourth-order valence-electron chi connectivity index (χ4n) is 2.17. The molecule has 0 radical (unpaired) electrons. The fourth-order valence-corrected chi connectivity index (χ4v) is 2.30. The highest BCUT2D eigenvalue weighted by molar-refractivity contribution is 6.30. The van der Waals surface area contributed by atoms with E-state index in [-0.39, 0.29) is 23.9 Å². The lowest BCUT2D eigenvalue weighted by atomic mass is 9.96. The molecule has 3 nitrogen and oxygen atoms in total. The number of carbonyl (C=O) groups excluding carboxylic acids is 1. The molecule has 22 heavy (non-hydrogen) atoms. The first-order valence-electron chi connectivity index (χ1n) is 7.35. The van der Waals surface area contributed by atoms with E-state index in [4.69, 9.17) is 17.3 Å². The van der Waals surface area contributed by atoms with E-state index in [1.807, 2.05) is 68.4 Å². The molecule has 0 heterocycles. The number of halogens is 1. The van der Waals surface area contributed by atoms with Gasteiger partial charge in [0, 0.05) is 17.0 Å². The summed E-state index contributed by atoms with van der Waals surface area (Å²) < 4.78 is 0. The number of benzene rings is 2. The average Bonchev–Trinajstić information content (AvgIpc) is 2.53. The Hall–Kier alpha value is -1.84. The zero-order valence-corrected chi connectivity index (χ0v) is 13.5. The van der Waals surface area contributed by atoms with Crippen molar-refractivity contribution >= 4 is 17.5 Å². The Morgan fingerprint density at radius 2 is 1.55 bits per heavy atom. The molecule has 2 aromatic rings. The summed E-state index contributed by atoms with van der Waals surface area (Å²) in [5.41, 5.74) is 7.84. The van der Waals surface area contributed by atoms with Crippen molar-refractivity contribution in [3.63, 3.8) is 0 Å². The lowest BCUT2D eigenvalue weighted by molar-refractivity contribution is -0.125. The van der Waals surface area contributed by atoms with Crippen LogP contribution >= 0.6 is 11.6 Å². The second-order valence-electron chi connectivity index (χ2n) is 5.55. The van der Waals surface area contributed by atoms with Gasteiger partial charge in [0.1, 0.15) is 0 Å². The molecule has 0 aliphatic heterocycles. The zero-order chi connectivity index (χ0) is 16.1. The van der Waals surface area contributed by atoms with E-state index in [9.17, 15) is 4.79 Å². The first kappa shape index (κ1) is 16.5. The maximum absolute atomic E-state index is 12.4. The van der Waals surface area contributed by atoms with Crippen LogP contribution in [0.5, 0.6) is 0 Å². The van der Waals surface area contributed by atoms with Gasteiger partial charge >= 0.3 is 0 Å². The van der Waals surface area contributed by atoms with Crippen LogP contribution in [-0.2, 0) is 4.79 Å². The van der Waals surface area contributed by atoms with Gasteiger partial charge in [-0.3, -0.25) is 4.79 Å². The lowest BCUT2D eigenvalue weighted by Crippen LogP contribution is -2.40. The van der Waals surface area contributed by atoms with Crippen LogP contribution in [0.3, 0.4) is 0 Å². The molecule has 4 heteroatoms. The van der Waals surface area contributed by atoms with E-state index in [1.54, 1.807) is 0 Å². The molecule has 2 rings (SSSR count). The number of carbonyl (C=O) groups is 1. The second kappa shape index (κ2) is 7.43. The van der Waals surface area contributed by atoms with Crippen LogP contribution in [0.15, 0.2) is 54.6 Å². The molecule has 0 saturated heterocycles. The predicted molar refractivity (Wildman–Crippen MR) is 90.7 cm³/mol. The highest BCUT2D eigenvalue weighted by Gasteiger charge is 2.22. The third kappa shape index (κ3) is 4.09. The van der Waals surface area contributed by atoms with Crippen LogP contribution in [0.4, 0.5) is 0 Å². The Morgan fingerprint density at radius 1 is 1.00 bits per heavy atom. The third-order valence-corrected chi connectivity index (χ3v) is 4.08. The van der Waals surface area contributed by atoms with Gasteiger partial charge in [-0.25, -0.2) is 0 Å². The molecule has 0 aliphatic carbocycles. The molecule has 0 fully saturated rings. The van der Waals surface area contributed by atoms with Gasteiger partial charge in [-0.15, -0.1) is 0 Å². The zero-order valence-electron chi connectivity index (χ0n) is 12.8. The van der Waals surface area contributed by atoms with E-state index < -0.39 is 0 Å². The van der Waals surface area contributed by atoms with Gasteiger partial charge in [0.25, 0.3) is 0 Å². The van der Waals surface area contributed by atoms with Gasteiger partial charge in [0.05, 0.1) is 6.04 Å². The van der Waals surface area contributed by atoms with E-state index >= 15 is 0 Å². The van der Waals surface area contributed by atoms with Crippen molar-refractivity contribution in [2.45, 2.75) is 25.9 Å². The van der Waals surface area contributed by atoms with Crippen LogP contribution in [0.25, 0.3) is 0 Å². The third-order valence-electron chi connectivity index (χ3n) is 3.83. The SMILES string of the molecule is CC(N)C(C)C(=O)NC(c1ccccc1)c1ccc(Cl)cc1. The standard InChI is InChI=1S/C18H21ClN2O/c1-12(13(2)20)18(22)21-17(14-6-4-3-5-7-14)15-8-10-16(19)11-9-15/h3-13,17H,20H2,1-2H3,(H,21,22). The number of nitrogens with one attached hydrogen (secondary N) is 1. The molecule has 2 aromatic carbocycles. The number of rotatable bonds is 5. The molecule has 0 spiro atoms. The molecule has 1 amide bonds. The minimum atomic E-state index is -0.251. The molecule has 116 valence electrons. The smallest absolute Gasteiger partial charge is 0.225 e. The Bertz CT molecular complexity index is 611. The first-order chi connectivity index (χ1) is 10.5. The quantitative estimate of drug-likeness (QED) is 0.886. The van der Waals surface area contributed by atoms with Crippen molar-refractivity contribution in [3.05, 3.63) is 70.7 Å². The lowest BCUT2D eigenvalue weighted by Gasteiger charge is -2.23. The van der Waals surface area contributed by atoms with E-state index in [0.29, 0.717) is 5.02 Å². The molecular formula is C18H21ClN2O. The van der Waals surface area contributed by atoms with Gasteiger partial charge in [-0.2, -0.15) is 0 Å². The summed E-state index contributed by atoms with van der Waals surface area (Å²) in [6.45, 7) is 3.67. The van der Waals surface area contributed by atoms with Crippen LogP contribution < -0.4 is 11.1 Å². The molecule has 3 atom stereocenters. The summed E-state index contributed by atoms with van der Waals surface area (Å²) in [6.07, 6.45) is 0. The Morgan fingerprint density at radius 3 is 2.09 bits per heavy atom. The topological polar surface area (TPSA) is 55.1 Å². The molecular weight excluding hydrogens is 296 g/mol. The van der Waals surface area contributed by atoms with Gasteiger partial charge < -0.3 is 11.1 Å². The fraction of sp³-hybridized carbons (Fsp3) is 0.278. The largest absolute Gasteiger partial charge is 0.345 e. The maximum atomic E-state index is 12.4. The van der Waals surface area contributed by atoms with Crippen molar-refractivity contribution in [2.75, 3.05) is 0 Å². The highest BCUT2D eigenvalue weighted by Crippen LogP contribution is 2.24. The number of hydrogen-bond acceptors (Lipinski definition) is 2. The summed E-state index contributed by atoms with van der Waals surface area (Å²) in [5.74, 6) is -0.308. The van der Waals surface area contributed by atoms with Crippen molar-refractivity contribution in [3.8, 4) is 0 Å². The van der Waals surface area contributed by atoms with Gasteiger partial charge in [0.2, 0.25) is 5.91 Å². The molecule has 3 N–H and O–H groups in total. The van der Waals surface area contributed by atoms with Gasteiger partial charge in [0.15, 0.2) is 0 Å². The Kier molecular flexibility index (Phi) is 5.58. The molecule has 0 bridgehead atoms. The van der Waals surface area contributed by atoms with E-state index in [0.717, 1.165) is 11.1 Å². The molecule has 0 aliphatic rings. The van der Waals surface area contributed by atoms with Crippen molar-refractivity contribution in [1.29, 1.82) is 0 Å². The van der Waals surface area contributed by atoms with Crippen LogP contribution in [-0.4, -0.2) is 11.9 Å². The maximum Gasteiger partial charge on any atom is 0.225 e. The van der Waals surface area contributed by atoms with E-state index in [1.165, 1.54) is 0 Å². The van der Waals surface area contributed by atoms with Crippen molar-refractivity contribution in [2.24, 2.45) is 11.7 Å². The minimum absolute atomic E-state index is 0.0567. The van der Waals surface area contributed by atoms with Crippen molar-refractivity contribution in [1.82, 2.24) is 5.32 Å². The van der Waals surface area contributed by atoms with E-state index in [2.05, 4.69) is 5.32 Å². The van der Waals surface area contributed by atoms with Crippen LogP contribution in [0.2, 0.25) is 5.02 Å². The van der Waals surface area contributed by atoms with Gasteiger partial charge in [-0.1, -0.05) is 61.0 Å². The predicted octanol–water partition coefficient (Wildman–Crippen LogP) is 3.53. The van der Waals surface area contributed by atoms with Crippen LogP contribution in [0.1, 0.15) is 31.0 Å². The van der Waals surface area contributed by atoms with Gasteiger partial charge in [-0.05, 0) is 30.2 Å². The summed E-state index contributed by atoms with van der Waals surface area (Å²) in [5, 5.41) is 3.76. The normalized spacial score (nSPS) is 14.9. The number of nitrogens with two attached hydrogens (primary N) is 1. The summed E-state index contributed by atoms with van der Waals surface area (Å²) in [7, 11) is 0.